The molecule has 0 amide bonds. The molecule has 2 aromatic carbocycles. The molecular weight excluding hydrogens is 260 g/mol. The summed E-state index contributed by atoms with van der Waals surface area (Å²) in [6.07, 6.45) is 4.64. The van der Waals surface area contributed by atoms with Gasteiger partial charge in [-0.05, 0) is 47.9 Å². The van der Waals surface area contributed by atoms with E-state index in [1.165, 1.54) is 22.3 Å². The molecule has 2 nitrogen and oxygen atoms in total. The van der Waals surface area contributed by atoms with Crippen LogP contribution in [0.1, 0.15) is 22.3 Å². The molecule has 0 aliphatic heterocycles. The van der Waals surface area contributed by atoms with Gasteiger partial charge in [0.2, 0.25) is 0 Å². The number of rotatable bonds is 4. The van der Waals surface area contributed by atoms with Crippen LogP contribution in [-0.2, 0) is 35.2 Å². The summed E-state index contributed by atoms with van der Waals surface area (Å²) in [6, 6.07) is 17.2. The molecule has 0 radical (unpaired) electrons. The highest BCUT2D eigenvalue weighted by Gasteiger charge is 2.24. The van der Waals surface area contributed by atoms with Crippen molar-refractivity contribution in [1.82, 2.24) is 0 Å². The number of hydrogen-bond donors (Lipinski definition) is 0. The minimum absolute atomic E-state index is 0.283. The molecule has 2 aliphatic rings. The Morgan fingerprint density at radius 2 is 0.952 bits per heavy atom. The highest BCUT2D eigenvalue weighted by Crippen LogP contribution is 2.26. The third-order valence-electron chi connectivity index (χ3n) is 4.63. The zero-order valence-electron chi connectivity index (χ0n) is 12.1. The van der Waals surface area contributed by atoms with E-state index < -0.39 is 0 Å². The maximum absolute atomic E-state index is 5.92. The Bertz CT molecular complexity index is 529. The molecule has 2 heteroatoms. The lowest BCUT2D eigenvalue weighted by Crippen LogP contribution is -2.20. The van der Waals surface area contributed by atoms with Gasteiger partial charge in [0.1, 0.15) is 6.79 Å². The lowest BCUT2D eigenvalue weighted by Gasteiger charge is -2.15. The molecule has 4 rings (SSSR count). The van der Waals surface area contributed by atoms with Crippen molar-refractivity contribution < 1.29 is 9.47 Å². The average molecular weight is 280 g/mol. The summed E-state index contributed by atoms with van der Waals surface area (Å²) in [5.74, 6) is 0. The van der Waals surface area contributed by atoms with Gasteiger partial charge in [0.15, 0.2) is 0 Å². The van der Waals surface area contributed by atoms with E-state index in [-0.39, 0.29) is 12.2 Å². The maximum atomic E-state index is 5.92. The van der Waals surface area contributed by atoms with E-state index in [9.17, 15) is 0 Å². The van der Waals surface area contributed by atoms with E-state index in [1.54, 1.807) is 0 Å². The number of benzene rings is 2. The second kappa shape index (κ2) is 5.63. The number of ether oxygens (including phenoxy) is 2. The topological polar surface area (TPSA) is 18.5 Å². The van der Waals surface area contributed by atoms with Crippen molar-refractivity contribution in [3.8, 4) is 0 Å². The highest BCUT2D eigenvalue weighted by molar-refractivity contribution is 5.33. The minimum atomic E-state index is 0.283. The molecule has 0 saturated heterocycles. The van der Waals surface area contributed by atoms with Crippen LogP contribution in [0.15, 0.2) is 48.5 Å². The second-order valence-corrected chi connectivity index (χ2v) is 6.05. The lowest BCUT2D eigenvalue weighted by atomic mass is 10.1. The molecule has 0 N–H and O–H groups in total. The van der Waals surface area contributed by atoms with Gasteiger partial charge in [-0.3, -0.25) is 0 Å². The number of hydrogen-bond acceptors (Lipinski definition) is 2. The van der Waals surface area contributed by atoms with Crippen molar-refractivity contribution in [2.45, 2.75) is 37.9 Å². The predicted octanol–water partition coefficient (Wildman–Crippen LogP) is 3.31. The molecule has 0 atom stereocenters. The Morgan fingerprint density at radius 3 is 1.29 bits per heavy atom. The molecule has 2 aromatic rings. The van der Waals surface area contributed by atoms with Crippen LogP contribution < -0.4 is 0 Å². The minimum Gasteiger partial charge on any atom is -0.351 e. The van der Waals surface area contributed by atoms with Crippen LogP contribution in [0, 0.1) is 0 Å². The molecule has 108 valence electrons. The first-order valence-electron chi connectivity index (χ1n) is 7.75. The summed E-state index contributed by atoms with van der Waals surface area (Å²) in [5.41, 5.74) is 5.71. The van der Waals surface area contributed by atoms with Crippen LogP contribution in [0.4, 0.5) is 0 Å². The maximum Gasteiger partial charge on any atom is 0.147 e. The van der Waals surface area contributed by atoms with Crippen molar-refractivity contribution in [3.63, 3.8) is 0 Å². The Morgan fingerprint density at radius 1 is 0.619 bits per heavy atom. The molecule has 21 heavy (non-hydrogen) atoms. The Kier molecular flexibility index (Phi) is 3.50. The van der Waals surface area contributed by atoms with Gasteiger partial charge >= 0.3 is 0 Å². The molecule has 0 aromatic heterocycles. The van der Waals surface area contributed by atoms with Gasteiger partial charge in [-0.25, -0.2) is 0 Å². The van der Waals surface area contributed by atoms with Crippen LogP contribution in [0.25, 0.3) is 0 Å². The molecular formula is C19H20O2. The quantitative estimate of drug-likeness (QED) is 0.800. The average Bonchev–Trinajstić information content (AvgIpc) is 3.09. The van der Waals surface area contributed by atoms with Gasteiger partial charge in [0.05, 0.1) is 12.2 Å². The molecule has 0 heterocycles. The smallest absolute Gasteiger partial charge is 0.147 e. The summed E-state index contributed by atoms with van der Waals surface area (Å²) >= 11 is 0. The summed E-state index contributed by atoms with van der Waals surface area (Å²) in [4.78, 5) is 0. The van der Waals surface area contributed by atoms with Crippen molar-refractivity contribution in [1.29, 1.82) is 0 Å². The van der Waals surface area contributed by atoms with Crippen molar-refractivity contribution in [3.05, 3.63) is 70.8 Å². The van der Waals surface area contributed by atoms with Crippen molar-refractivity contribution in [2.75, 3.05) is 6.79 Å². The van der Waals surface area contributed by atoms with Crippen LogP contribution in [0.5, 0.6) is 0 Å². The lowest BCUT2D eigenvalue weighted by molar-refractivity contribution is -0.112. The largest absolute Gasteiger partial charge is 0.351 e. The second-order valence-electron chi connectivity index (χ2n) is 6.05. The monoisotopic (exact) mass is 280 g/mol. The van der Waals surface area contributed by atoms with Crippen LogP contribution in [-0.4, -0.2) is 19.0 Å². The van der Waals surface area contributed by atoms with Gasteiger partial charge in [0.25, 0.3) is 0 Å². The van der Waals surface area contributed by atoms with E-state index in [0.29, 0.717) is 6.79 Å². The zero-order valence-corrected chi connectivity index (χ0v) is 12.1. The summed E-state index contributed by atoms with van der Waals surface area (Å²) in [6.45, 7) is 0.414. The normalized spacial score (nSPS) is 17.9. The summed E-state index contributed by atoms with van der Waals surface area (Å²) in [7, 11) is 0. The van der Waals surface area contributed by atoms with Crippen molar-refractivity contribution in [2.24, 2.45) is 0 Å². The SMILES string of the molecule is c1ccc2c(c1)CC(OCOC1Cc3ccccc3C1)C2. The van der Waals surface area contributed by atoms with E-state index in [0.717, 1.165) is 25.7 Å². The van der Waals surface area contributed by atoms with Gasteiger partial charge < -0.3 is 9.47 Å². The van der Waals surface area contributed by atoms with Crippen LogP contribution in [0.3, 0.4) is 0 Å². The van der Waals surface area contributed by atoms with Crippen LogP contribution >= 0.6 is 0 Å². The van der Waals surface area contributed by atoms with Crippen LogP contribution in [0.2, 0.25) is 0 Å². The Balaban J connectivity index is 1.25. The van der Waals surface area contributed by atoms with Gasteiger partial charge in [0, 0.05) is 0 Å². The summed E-state index contributed by atoms with van der Waals surface area (Å²) in [5, 5.41) is 0. The predicted molar refractivity (Wildman–Crippen MR) is 82.3 cm³/mol. The van der Waals surface area contributed by atoms with E-state index >= 15 is 0 Å². The third kappa shape index (κ3) is 2.74. The fourth-order valence-electron chi connectivity index (χ4n) is 3.50. The van der Waals surface area contributed by atoms with Gasteiger partial charge in [-0.2, -0.15) is 0 Å². The number of fused-ring (bicyclic) bond motifs is 2. The molecule has 0 fully saturated rings. The molecule has 0 spiro atoms. The standard InChI is InChI=1S/C19H20O2/c1-2-6-15-10-18(9-14(15)5-1)20-13-21-19-11-16-7-3-4-8-17(16)12-19/h1-8,18-19H,9-13H2. The fraction of sp³-hybridized carbons (Fsp3) is 0.368. The first-order valence-corrected chi connectivity index (χ1v) is 7.75. The van der Waals surface area contributed by atoms with Crippen molar-refractivity contribution >= 4 is 0 Å². The Hall–Kier alpha value is -1.64. The van der Waals surface area contributed by atoms with Gasteiger partial charge in [-0.15, -0.1) is 0 Å². The molecule has 0 saturated carbocycles. The van der Waals surface area contributed by atoms with E-state index in [4.69, 9.17) is 9.47 Å². The molecule has 2 aliphatic carbocycles. The molecule has 0 unspecified atom stereocenters. The fourth-order valence-corrected chi connectivity index (χ4v) is 3.50. The van der Waals surface area contributed by atoms with Gasteiger partial charge in [-0.1, -0.05) is 48.5 Å². The van der Waals surface area contributed by atoms with E-state index in [2.05, 4.69) is 48.5 Å². The first kappa shape index (κ1) is 13.1. The zero-order chi connectivity index (χ0) is 14.1. The Labute approximate surface area is 125 Å². The third-order valence-corrected chi connectivity index (χ3v) is 4.63. The van der Waals surface area contributed by atoms with E-state index in [1.807, 2.05) is 0 Å². The summed E-state index contributed by atoms with van der Waals surface area (Å²) < 4.78 is 11.8. The first-order chi connectivity index (χ1) is 10.4. The highest BCUT2D eigenvalue weighted by atomic mass is 16.7. The molecule has 0 bridgehead atoms.